The third-order valence-corrected chi connectivity index (χ3v) is 6.31. The third kappa shape index (κ3) is 4.48. The predicted molar refractivity (Wildman–Crippen MR) is 104 cm³/mol. The van der Waals surface area contributed by atoms with Crippen LogP contribution >= 0.6 is 11.3 Å². The maximum atomic E-state index is 13.1. The Morgan fingerprint density at radius 1 is 1.30 bits per heavy atom. The van der Waals surface area contributed by atoms with Crippen molar-refractivity contribution < 1.29 is 14.4 Å². The van der Waals surface area contributed by atoms with E-state index in [2.05, 4.69) is 10.3 Å². The molecule has 0 bridgehead atoms. The quantitative estimate of drug-likeness (QED) is 0.834. The largest absolute Gasteiger partial charge is 0.342 e. The van der Waals surface area contributed by atoms with Crippen LogP contribution in [0.2, 0.25) is 0 Å². The molecule has 3 atom stereocenters. The van der Waals surface area contributed by atoms with E-state index in [0.717, 1.165) is 32.2 Å². The first-order chi connectivity index (χ1) is 13.0. The number of amides is 3. The van der Waals surface area contributed by atoms with Crippen LogP contribution in [0.3, 0.4) is 0 Å². The highest BCUT2D eigenvalue weighted by Crippen LogP contribution is 2.26. The Labute approximate surface area is 164 Å². The topological polar surface area (TPSA) is 82.6 Å². The van der Waals surface area contributed by atoms with E-state index >= 15 is 0 Å². The average molecular weight is 393 g/mol. The Morgan fingerprint density at radius 2 is 2.07 bits per heavy atom. The van der Waals surface area contributed by atoms with Crippen LogP contribution < -0.4 is 5.32 Å². The monoisotopic (exact) mass is 392 g/mol. The second-order valence-corrected chi connectivity index (χ2v) is 8.34. The van der Waals surface area contributed by atoms with Crippen molar-refractivity contribution >= 4 is 34.2 Å². The molecule has 0 spiro atoms. The summed E-state index contributed by atoms with van der Waals surface area (Å²) in [6.07, 6.45) is 5.56. The standard InChI is InChI=1S/C19H28N4O3S/c1-3-13(2)17(25)22-9-4-6-14(12-22)18(26)23-10-5-7-15(23)16(24)21-19-20-8-11-27-19/h8,11,13-15H,3-7,9-10,12H2,1-2H3,(H,20,21,24). The molecule has 2 aliphatic rings. The van der Waals surface area contributed by atoms with E-state index in [1.165, 1.54) is 11.3 Å². The SMILES string of the molecule is CCC(C)C(=O)N1CCCC(C(=O)N2CCCC2C(=O)Nc2nccs2)C1. The van der Waals surface area contributed by atoms with Gasteiger partial charge in [0.1, 0.15) is 6.04 Å². The van der Waals surface area contributed by atoms with Gasteiger partial charge in [-0.15, -0.1) is 11.3 Å². The highest BCUT2D eigenvalue weighted by atomic mass is 32.1. The number of rotatable bonds is 5. The summed E-state index contributed by atoms with van der Waals surface area (Å²) in [4.78, 5) is 45.9. The molecule has 2 fully saturated rings. The first-order valence-corrected chi connectivity index (χ1v) is 10.7. The van der Waals surface area contributed by atoms with Crippen LogP contribution in [0.25, 0.3) is 0 Å². The van der Waals surface area contributed by atoms with Gasteiger partial charge in [0.05, 0.1) is 5.92 Å². The summed E-state index contributed by atoms with van der Waals surface area (Å²) in [6, 6.07) is -0.443. The first-order valence-electron chi connectivity index (χ1n) is 9.80. The van der Waals surface area contributed by atoms with Gasteiger partial charge in [-0.3, -0.25) is 14.4 Å². The molecule has 0 saturated carbocycles. The van der Waals surface area contributed by atoms with Gasteiger partial charge in [-0.25, -0.2) is 4.98 Å². The van der Waals surface area contributed by atoms with Gasteiger partial charge in [0.2, 0.25) is 17.7 Å². The van der Waals surface area contributed by atoms with Gasteiger partial charge >= 0.3 is 0 Å². The molecule has 3 rings (SSSR count). The van der Waals surface area contributed by atoms with E-state index in [0.29, 0.717) is 24.6 Å². The molecule has 2 aliphatic heterocycles. The van der Waals surface area contributed by atoms with Crippen molar-refractivity contribution in [2.45, 2.75) is 52.0 Å². The molecule has 3 heterocycles. The lowest BCUT2D eigenvalue weighted by Gasteiger charge is -2.36. The Kier molecular flexibility index (Phi) is 6.46. The second kappa shape index (κ2) is 8.82. The van der Waals surface area contributed by atoms with Crippen LogP contribution in [-0.2, 0) is 14.4 Å². The van der Waals surface area contributed by atoms with Gasteiger partial charge < -0.3 is 15.1 Å². The number of hydrogen-bond donors (Lipinski definition) is 1. The Morgan fingerprint density at radius 3 is 2.78 bits per heavy atom. The first kappa shape index (κ1) is 19.8. The zero-order chi connectivity index (χ0) is 19.4. The molecule has 1 aromatic heterocycles. The van der Waals surface area contributed by atoms with Gasteiger partial charge in [0.15, 0.2) is 5.13 Å². The van der Waals surface area contributed by atoms with Crippen molar-refractivity contribution in [2.24, 2.45) is 11.8 Å². The maximum absolute atomic E-state index is 13.1. The molecule has 148 valence electrons. The summed E-state index contributed by atoms with van der Waals surface area (Å²) in [5, 5.41) is 5.17. The number of nitrogens with zero attached hydrogens (tertiary/aromatic N) is 3. The average Bonchev–Trinajstić information content (AvgIpc) is 3.38. The van der Waals surface area contributed by atoms with Crippen molar-refractivity contribution in [1.82, 2.24) is 14.8 Å². The van der Waals surface area contributed by atoms with Crippen LogP contribution in [0, 0.1) is 11.8 Å². The molecular formula is C19H28N4O3S. The number of piperidine rings is 1. The summed E-state index contributed by atoms with van der Waals surface area (Å²) in [5.41, 5.74) is 0. The van der Waals surface area contributed by atoms with E-state index in [9.17, 15) is 14.4 Å². The van der Waals surface area contributed by atoms with E-state index in [1.807, 2.05) is 18.7 Å². The molecule has 3 unspecified atom stereocenters. The van der Waals surface area contributed by atoms with E-state index in [-0.39, 0.29) is 29.6 Å². The third-order valence-electron chi connectivity index (χ3n) is 5.62. The molecule has 8 heteroatoms. The Balaban J connectivity index is 1.63. The highest BCUT2D eigenvalue weighted by Gasteiger charge is 2.39. The van der Waals surface area contributed by atoms with E-state index in [1.54, 1.807) is 16.5 Å². The molecule has 27 heavy (non-hydrogen) atoms. The van der Waals surface area contributed by atoms with Crippen LogP contribution in [0.1, 0.15) is 46.0 Å². The molecule has 1 N–H and O–H groups in total. The fourth-order valence-electron chi connectivity index (χ4n) is 3.88. The van der Waals surface area contributed by atoms with Crippen LogP contribution in [-0.4, -0.2) is 58.2 Å². The molecule has 1 aromatic rings. The van der Waals surface area contributed by atoms with Crippen LogP contribution in [0.4, 0.5) is 5.13 Å². The maximum Gasteiger partial charge on any atom is 0.248 e. The number of nitrogens with one attached hydrogen (secondary N) is 1. The minimum Gasteiger partial charge on any atom is -0.342 e. The summed E-state index contributed by atoms with van der Waals surface area (Å²) in [5.74, 6) is -0.246. The number of thiazole rings is 1. The number of likely N-dealkylation sites (tertiary alicyclic amines) is 2. The second-order valence-electron chi connectivity index (χ2n) is 7.45. The molecular weight excluding hydrogens is 364 g/mol. The molecule has 0 aliphatic carbocycles. The summed E-state index contributed by atoms with van der Waals surface area (Å²) >= 11 is 1.37. The van der Waals surface area contributed by atoms with Crippen LogP contribution in [0.5, 0.6) is 0 Å². The summed E-state index contributed by atoms with van der Waals surface area (Å²) in [7, 11) is 0. The zero-order valence-electron chi connectivity index (χ0n) is 16.0. The molecule has 0 radical (unpaired) electrons. The van der Waals surface area contributed by atoms with Gasteiger partial charge in [-0.1, -0.05) is 13.8 Å². The van der Waals surface area contributed by atoms with Crippen molar-refractivity contribution in [3.05, 3.63) is 11.6 Å². The Bertz CT molecular complexity index is 679. The normalized spacial score (nSPS) is 23.9. The number of aromatic nitrogens is 1. The fraction of sp³-hybridized carbons (Fsp3) is 0.684. The van der Waals surface area contributed by atoms with Crippen molar-refractivity contribution in [1.29, 1.82) is 0 Å². The van der Waals surface area contributed by atoms with E-state index < -0.39 is 6.04 Å². The minimum absolute atomic E-state index is 0.00782. The lowest BCUT2D eigenvalue weighted by Crippen LogP contribution is -2.51. The zero-order valence-corrected chi connectivity index (χ0v) is 16.8. The number of carbonyl (C=O) groups is 3. The van der Waals surface area contributed by atoms with Crippen molar-refractivity contribution in [3.63, 3.8) is 0 Å². The molecule has 7 nitrogen and oxygen atoms in total. The fourth-order valence-corrected chi connectivity index (χ4v) is 4.41. The summed E-state index contributed by atoms with van der Waals surface area (Å²) in [6.45, 7) is 5.74. The van der Waals surface area contributed by atoms with E-state index in [4.69, 9.17) is 0 Å². The van der Waals surface area contributed by atoms with Gasteiger partial charge in [0, 0.05) is 37.1 Å². The smallest absolute Gasteiger partial charge is 0.248 e. The molecule has 2 saturated heterocycles. The van der Waals surface area contributed by atoms with Crippen molar-refractivity contribution in [2.75, 3.05) is 25.0 Å². The summed E-state index contributed by atoms with van der Waals surface area (Å²) < 4.78 is 0. The lowest BCUT2D eigenvalue weighted by molar-refractivity contribution is -0.145. The number of hydrogen-bond acceptors (Lipinski definition) is 5. The van der Waals surface area contributed by atoms with Crippen molar-refractivity contribution in [3.8, 4) is 0 Å². The molecule has 3 amide bonds. The molecule has 0 aromatic carbocycles. The van der Waals surface area contributed by atoms with Gasteiger partial charge in [-0.2, -0.15) is 0 Å². The van der Waals surface area contributed by atoms with Gasteiger partial charge in [-0.05, 0) is 32.1 Å². The predicted octanol–water partition coefficient (Wildman–Crippen LogP) is 2.36. The number of anilines is 1. The number of carbonyl (C=O) groups excluding carboxylic acids is 3. The lowest BCUT2D eigenvalue weighted by atomic mass is 9.94. The van der Waals surface area contributed by atoms with Gasteiger partial charge in [0.25, 0.3) is 0 Å². The minimum atomic E-state index is -0.443. The van der Waals surface area contributed by atoms with Crippen LogP contribution in [0.15, 0.2) is 11.6 Å². The highest BCUT2D eigenvalue weighted by molar-refractivity contribution is 7.13. The Hall–Kier alpha value is -1.96.